The van der Waals surface area contributed by atoms with Gasteiger partial charge in [0.15, 0.2) is 0 Å². The zero-order valence-corrected chi connectivity index (χ0v) is 8.63. The molecule has 0 aliphatic rings. The third kappa shape index (κ3) is 7.55. The van der Waals surface area contributed by atoms with Crippen LogP contribution in [0.4, 0.5) is 0 Å². The van der Waals surface area contributed by atoms with Gasteiger partial charge < -0.3 is 10.1 Å². The monoisotopic (exact) mass is 188 g/mol. The molecule has 0 aromatic carbocycles. The van der Waals surface area contributed by atoms with Crippen LogP contribution in [0.3, 0.4) is 0 Å². The molecule has 5 nitrogen and oxygen atoms in total. The summed E-state index contributed by atoms with van der Waals surface area (Å²) >= 11 is 0. The Morgan fingerprint density at radius 1 is 1.54 bits per heavy atom. The molecule has 4 N–H and O–H groups in total. The molecule has 0 atom stereocenters. The first-order valence-electron chi connectivity index (χ1n) is 4.47. The van der Waals surface area contributed by atoms with Crippen LogP contribution in [0.25, 0.3) is 0 Å². The van der Waals surface area contributed by atoms with E-state index in [4.69, 9.17) is 10.6 Å². The normalized spacial score (nSPS) is 11.9. The molecule has 0 unspecified atom stereocenters. The number of methoxy groups -OCH3 is 1. The van der Waals surface area contributed by atoms with Crippen LogP contribution < -0.4 is 16.6 Å². The third-order valence-electron chi connectivity index (χ3n) is 1.34. The maximum atomic E-state index is 5.26. The highest BCUT2D eigenvalue weighted by molar-refractivity contribution is 5.79. The summed E-state index contributed by atoms with van der Waals surface area (Å²) < 4.78 is 4.90. The van der Waals surface area contributed by atoms with E-state index >= 15 is 0 Å². The van der Waals surface area contributed by atoms with Crippen LogP contribution in [0.2, 0.25) is 0 Å². The molecule has 0 saturated heterocycles. The third-order valence-corrected chi connectivity index (χ3v) is 1.34. The molecule has 0 saturated carbocycles. The Labute approximate surface area is 79.7 Å². The van der Waals surface area contributed by atoms with Gasteiger partial charge >= 0.3 is 0 Å². The van der Waals surface area contributed by atoms with Crippen molar-refractivity contribution in [2.45, 2.75) is 26.3 Å². The van der Waals surface area contributed by atoms with Gasteiger partial charge in [0.2, 0.25) is 5.96 Å². The van der Waals surface area contributed by atoms with Crippen molar-refractivity contribution in [3.05, 3.63) is 0 Å². The molecule has 78 valence electrons. The standard InChI is InChI=1S/C8H20N4O/c1-7(2)11-8(12-9)10-5-4-6-13-3/h7H,4-6,9H2,1-3H3,(H2,10,11,12). The molecule has 0 fully saturated rings. The molecule has 0 radical (unpaired) electrons. The van der Waals surface area contributed by atoms with Crippen LogP contribution in [0.5, 0.6) is 0 Å². The Morgan fingerprint density at radius 2 is 2.23 bits per heavy atom. The lowest BCUT2D eigenvalue weighted by Crippen LogP contribution is -2.44. The van der Waals surface area contributed by atoms with Gasteiger partial charge in [-0.05, 0) is 20.3 Å². The Bertz CT molecular complexity index is 147. The van der Waals surface area contributed by atoms with Gasteiger partial charge in [0.05, 0.1) is 0 Å². The molecule has 0 aromatic heterocycles. The second kappa shape index (κ2) is 7.82. The van der Waals surface area contributed by atoms with Crippen molar-refractivity contribution in [1.29, 1.82) is 0 Å². The van der Waals surface area contributed by atoms with Crippen molar-refractivity contribution < 1.29 is 4.74 Å². The fraction of sp³-hybridized carbons (Fsp3) is 0.875. The van der Waals surface area contributed by atoms with Gasteiger partial charge in [-0.3, -0.25) is 10.4 Å². The highest BCUT2D eigenvalue weighted by Crippen LogP contribution is 1.83. The van der Waals surface area contributed by atoms with E-state index in [-0.39, 0.29) is 0 Å². The molecule has 0 bridgehead atoms. The number of nitrogens with two attached hydrogens (primary N) is 1. The van der Waals surface area contributed by atoms with E-state index in [1.807, 2.05) is 13.8 Å². The highest BCUT2D eigenvalue weighted by atomic mass is 16.5. The van der Waals surface area contributed by atoms with E-state index in [9.17, 15) is 0 Å². The number of rotatable bonds is 5. The maximum Gasteiger partial charge on any atom is 0.205 e. The summed E-state index contributed by atoms with van der Waals surface area (Å²) in [6, 6.07) is 0.331. The van der Waals surface area contributed by atoms with Crippen LogP contribution in [0.15, 0.2) is 4.99 Å². The van der Waals surface area contributed by atoms with Gasteiger partial charge in [0.1, 0.15) is 0 Å². The van der Waals surface area contributed by atoms with E-state index < -0.39 is 0 Å². The Morgan fingerprint density at radius 3 is 2.69 bits per heavy atom. The average molecular weight is 188 g/mol. The van der Waals surface area contributed by atoms with E-state index in [2.05, 4.69) is 15.7 Å². The Kier molecular flexibility index (Phi) is 7.33. The molecular weight excluding hydrogens is 168 g/mol. The molecule has 13 heavy (non-hydrogen) atoms. The summed E-state index contributed by atoms with van der Waals surface area (Å²) in [7, 11) is 1.68. The van der Waals surface area contributed by atoms with Crippen molar-refractivity contribution >= 4 is 5.96 Å². The first-order valence-corrected chi connectivity index (χ1v) is 4.47. The second-order valence-electron chi connectivity index (χ2n) is 3.02. The molecule has 0 aromatic rings. The quantitative estimate of drug-likeness (QED) is 0.184. The second-order valence-corrected chi connectivity index (χ2v) is 3.02. The molecule has 0 amide bonds. The first-order chi connectivity index (χ1) is 6.20. The molecule has 0 spiro atoms. The fourth-order valence-electron chi connectivity index (χ4n) is 0.806. The minimum absolute atomic E-state index is 0.331. The van der Waals surface area contributed by atoms with Crippen molar-refractivity contribution in [3.63, 3.8) is 0 Å². The smallest absolute Gasteiger partial charge is 0.205 e. The number of hydrogen-bond acceptors (Lipinski definition) is 3. The van der Waals surface area contributed by atoms with Gasteiger partial charge in [0.25, 0.3) is 0 Å². The number of ether oxygens (including phenoxy) is 1. The maximum absolute atomic E-state index is 5.26. The SMILES string of the molecule is COCCCN=C(NN)NC(C)C. The van der Waals surface area contributed by atoms with Crippen LogP contribution in [-0.4, -0.2) is 32.3 Å². The fourth-order valence-corrected chi connectivity index (χ4v) is 0.806. The van der Waals surface area contributed by atoms with Crippen LogP contribution in [0.1, 0.15) is 20.3 Å². The topological polar surface area (TPSA) is 71.7 Å². The minimum Gasteiger partial charge on any atom is -0.385 e. The van der Waals surface area contributed by atoms with Crippen LogP contribution in [0, 0.1) is 0 Å². The highest BCUT2D eigenvalue weighted by Gasteiger charge is 1.96. The average Bonchev–Trinajstić information content (AvgIpc) is 2.09. The summed E-state index contributed by atoms with van der Waals surface area (Å²) in [5.74, 6) is 5.89. The van der Waals surface area contributed by atoms with Gasteiger partial charge in [0, 0.05) is 26.3 Å². The molecule has 0 aliphatic heterocycles. The summed E-state index contributed by atoms with van der Waals surface area (Å²) in [6.07, 6.45) is 0.904. The van der Waals surface area contributed by atoms with E-state index in [1.165, 1.54) is 0 Å². The summed E-state index contributed by atoms with van der Waals surface area (Å²) in [5, 5.41) is 3.08. The Balaban J connectivity index is 3.65. The zero-order valence-electron chi connectivity index (χ0n) is 8.63. The number of nitrogens with one attached hydrogen (secondary N) is 2. The number of hydrazine groups is 1. The number of aliphatic imine (C=N–C) groups is 1. The van der Waals surface area contributed by atoms with Gasteiger partial charge in [-0.25, -0.2) is 5.84 Å². The lowest BCUT2D eigenvalue weighted by atomic mass is 10.4. The summed E-state index contributed by atoms with van der Waals surface area (Å²) in [5.41, 5.74) is 2.51. The van der Waals surface area contributed by atoms with Gasteiger partial charge in [-0.2, -0.15) is 0 Å². The Hall–Kier alpha value is -0.810. The van der Waals surface area contributed by atoms with Crippen LogP contribution in [-0.2, 0) is 4.74 Å². The summed E-state index contributed by atoms with van der Waals surface area (Å²) in [4.78, 5) is 4.21. The van der Waals surface area contributed by atoms with Crippen molar-refractivity contribution in [2.24, 2.45) is 10.8 Å². The predicted octanol–water partition coefficient (Wildman–Crippen LogP) is -0.160. The van der Waals surface area contributed by atoms with E-state index in [0.717, 1.165) is 13.0 Å². The molecule has 5 heteroatoms. The zero-order chi connectivity index (χ0) is 10.1. The molecule has 0 heterocycles. The largest absolute Gasteiger partial charge is 0.385 e. The van der Waals surface area contributed by atoms with E-state index in [1.54, 1.807) is 7.11 Å². The minimum atomic E-state index is 0.331. The van der Waals surface area contributed by atoms with Crippen molar-refractivity contribution in [2.75, 3.05) is 20.3 Å². The molecular formula is C8H20N4O. The summed E-state index contributed by atoms with van der Waals surface area (Å²) in [6.45, 7) is 5.50. The lowest BCUT2D eigenvalue weighted by Gasteiger charge is -2.11. The number of hydrogen-bond donors (Lipinski definition) is 3. The molecule has 0 rings (SSSR count). The van der Waals surface area contributed by atoms with Crippen LogP contribution >= 0.6 is 0 Å². The number of nitrogens with zero attached hydrogens (tertiary/aromatic N) is 1. The number of guanidine groups is 1. The van der Waals surface area contributed by atoms with Gasteiger partial charge in [-0.15, -0.1) is 0 Å². The molecule has 0 aliphatic carbocycles. The van der Waals surface area contributed by atoms with Crippen molar-refractivity contribution in [1.82, 2.24) is 10.7 Å². The first kappa shape index (κ1) is 12.2. The van der Waals surface area contributed by atoms with Crippen molar-refractivity contribution in [3.8, 4) is 0 Å². The van der Waals surface area contributed by atoms with Gasteiger partial charge in [-0.1, -0.05) is 0 Å². The predicted molar refractivity (Wildman–Crippen MR) is 54.4 cm³/mol. The lowest BCUT2D eigenvalue weighted by molar-refractivity contribution is 0.197. The van der Waals surface area contributed by atoms with E-state index in [0.29, 0.717) is 18.5 Å².